The van der Waals surface area contributed by atoms with Crippen LogP contribution in [0, 0.1) is 5.92 Å². The van der Waals surface area contributed by atoms with Crippen molar-refractivity contribution < 1.29 is 23.8 Å². The molecule has 0 bridgehead atoms. The van der Waals surface area contributed by atoms with Gasteiger partial charge in [0.15, 0.2) is 11.1 Å². The van der Waals surface area contributed by atoms with Crippen molar-refractivity contribution in [1.29, 1.82) is 0 Å². The van der Waals surface area contributed by atoms with Crippen molar-refractivity contribution in [2.75, 3.05) is 6.61 Å². The molecule has 4 atom stereocenters. The van der Waals surface area contributed by atoms with Gasteiger partial charge in [0.2, 0.25) is 0 Å². The molecule has 1 heterocycles. The van der Waals surface area contributed by atoms with E-state index in [1.54, 1.807) is 48.5 Å². The van der Waals surface area contributed by atoms with Gasteiger partial charge in [0.05, 0.1) is 17.7 Å². The lowest BCUT2D eigenvalue weighted by atomic mass is 9.98. The SMILES string of the molecule is C[C@@H]1COC(Br)[C@@H](OC(=O)c2ccccc2)[C@@H]1OC(=O)c1ccccc1. The minimum atomic E-state index is -0.751. The van der Waals surface area contributed by atoms with E-state index in [0.29, 0.717) is 17.7 Å². The van der Waals surface area contributed by atoms with Crippen molar-refractivity contribution in [2.45, 2.75) is 24.1 Å². The van der Waals surface area contributed by atoms with E-state index in [2.05, 4.69) is 15.9 Å². The number of alkyl halides is 1. The summed E-state index contributed by atoms with van der Waals surface area (Å²) in [5.41, 5.74) is 0.879. The van der Waals surface area contributed by atoms with Gasteiger partial charge in [-0.15, -0.1) is 0 Å². The van der Waals surface area contributed by atoms with E-state index in [0.717, 1.165) is 0 Å². The van der Waals surface area contributed by atoms with Gasteiger partial charge in [-0.2, -0.15) is 0 Å². The van der Waals surface area contributed by atoms with Crippen molar-refractivity contribution in [3.63, 3.8) is 0 Å². The number of esters is 2. The summed E-state index contributed by atoms with van der Waals surface area (Å²) in [4.78, 5) is 24.9. The number of hydrogen-bond acceptors (Lipinski definition) is 5. The molecule has 0 spiro atoms. The van der Waals surface area contributed by atoms with E-state index >= 15 is 0 Å². The van der Waals surface area contributed by atoms with E-state index in [1.807, 2.05) is 19.1 Å². The average Bonchev–Trinajstić information content (AvgIpc) is 2.68. The number of carbonyl (C=O) groups is 2. The molecule has 0 aromatic heterocycles. The van der Waals surface area contributed by atoms with Crippen LogP contribution in [0.1, 0.15) is 27.6 Å². The molecule has 136 valence electrons. The van der Waals surface area contributed by atoms with Crippen LogP contribution in [0.3, 0.4) is 0 Å². The van der Waals surface area contributed by atoms with Crippen molar-refractivity contribution in [2.24, 2.45) is 5.92 Å². The van der Waals surface area contributed by atoms with E-state index in [9.17, 15) is 9.59 Å². The Labute approximate surface area is 160 Å². The zero-order chi connectivity index (χ0) is 18.5. The predicted octanol–water partition coefficient (Wildman–Crippen LogP) is 3.82. The van der Waals surface area contributed by atoms with Gasteiger partial charge in [-0.3, -0.25) is 0 Å². The lowest BCUT2D eigenvalue weighted by molar-refractivity contribution is -0.135. The largest absolute Gasteiger partial charge is 0.454 e. The van der Waals surface area contributed by atoms with Crippen LogP contribution in [0.15, 0.2) is 60.7 Å². The van der Waals surface area contributed by atoms with Gasteiger partial charge in [0.1, 0.15) is 6.10 Å². The van der Waals surface area contributed by atoms with Crippen LogP contribution >= 0.6 is 15.9 Å². The van der Waals surface area contributed by atoms with Gasteiger partial charge in [-0.1, -0.05) is 59.3 Å². The van der Waals surface area contributed by atoms with E-state index < -0.39 is 29.2 Å². The molecule has 2 aromatic rings. The van der Waals surface area contributed by atoms with Gasteiger partial charge < -0.3 is 14.2 Å². The minimum absolute atomic E-state index is 0.120. The topological polar surface area (TPSA) is 61.8 Å². The van der Waals surface area contributed by atoms with Crippen LogP contribution in [0.25, 0.3) is 0 Å². The third-order valence-electron chi connectivity index (χ3n) is 4.17. The molecular weight excluding hydrogens is 400 g/mol. The van der Waals surface area contributed by atoms with Gasteiger partial charge in [-0.05, 0) is 24.3 Å². The zero-order valence-electron chi connectivity index (χ0n) is 14.2. The summed E-state index contributed by atoms with van der Waals surface area (Å²) >= 11 is 3.38. The van der Waals surface area contributed by atoms with Crippen molar-refractivity contribution in [3.8, 4) is 0 Å². The fraction of sp³-hybridized carbons (Fsp3) is 0.300. The van der Waals surface area contributed by atoms with E-state index in [-0.39, 0.29) is 5.92 Å². The number of carbonyl (C=O) groups excluding carboxylic acids is 2. The standard InChI is InChI=1S/C20H19BrO5/c1-13-12-24-18(21)17(26-20(23)15-10-6-3-7-11-15)16(13)25-19(22)14-8-4-2-5-9-14/h2-11,13,16-18H,12H2,1H3/t13-,16-,17+,18?/m1/s1. The molecule has 0 saturated carbocycles. The van der Waals surface area contributed by atoms with Crippen LogP contribution in [0.2, 0.25) is 0 Å². The van der Waals surface area contributed by atoms with Crippen LogP contribution in [-0.4, -0.2) is 35.8 Å². The normalized spacial score (nSPS) is 25.3. The molecule has 1 saturated heterocycles. The van der Waals surface area contributed by atoms with Crippen molar-refractivity contribution in [3.05, 3.63) is 71.8 Å². The highest BCUT2D eigenvalue weighted by molar-refractivity contribution is 9.09. The third-order valence-corrected chi connectivity index (χ3v) is 4.95. The molecule has 0 radical (unpaired) electrons. The molecule has 1 aliphatic heterocycles. The number of benzene rings is 2. The summed E-state index contributed by atoms with van der Waals surface area (Å²) in [6, 6.07) is 17.4. The minimum Gasteiger partial charge on any atom is -0.454 e. The summed E-state index contributed by atoms with van der Waals surface area (Å²) in [7, 11) is 0. The highest BCUT2D eigenvalue weighted by Gasteiger charge is 2.43. The first kappa shape index (κ1) is 18.6. The fourth-order valence-electron chi connectivity index (χ4n) is 2.74. The zero-order valence-corrected chi connectivity index (χ0v) is 15.8. The molecule has 3 rings (SSSR count). The highest BCUT2D eigenvalue weighted by Crippen LogP contribution is 2.30. The fourth-order valence-corrected chi connectivity index (χ4v) is 3.30. The molecule has 0 aliphatic carbocycles. The Morgan fingerprint density at radius 2 is 1.35 bits per heavy atom. The molecule has 0 amide bonds. The molecule has 0 N–H and O–H groups in total. The predicted molar refractivity (Wildman–Crippen MR) is 99.1 cm³/mol. The maximum atomic E-state index is 12.4. The first-order valence-electron chi connectivity index (χ1n) is 8.34. The van der Waals surface area contributed by atoms with Crippen LogP contribution in [0.4, 0.5) is 0 Å². The monoisotopic (exact) mass is 418 g/mol. The lowest BCUT2D eigenvalue weighted by Crippen LogP contribution is -2.51. The molecule has 26 heavy (non-hydrogen) atoms. The maximum absolute atomic E-state index is 12.4. The second-order valence-electron chi connectivity index (χ2n) is 6.13. The Balaban J connectivity index is 1.76. The Morgan fingerprint density at radius 3 is 1.85 bits per heavy atom. The molecule has 1 aliphatic rings. The van der Waals surface area contributed by atoms with Crippen LogP contribution in [0.5, 0.6) is 0 Å². The van der Waals surface area contributed by atoms with E-state index in [4.69, 9.17) is 14.2 Å². The number of ether oxygens (including phenoxy) is 3. The molecule has 1 unspecified atom stereocenters. The summed E-state index contributed by atoms with van der Waals surface area (Å²) in [6.07, 6.45) is -1.37. The lowest BCUT2D eigenvalue weighted by Gasteiger charge is -2.38. The van der Waals surface area contributed by atoms with Crippen LogP contribution in [-0.2, 0) is 14.2 Å². The Hall–Kier alpha value is -2.18. The first-order valence-corrected chi connectivity index (χ1v) is 9.25. The van der Waals surface area contributed by atoms with Crippen molar-refractivity contribution in [1.82, 2.24) is 0 Å². The van der Waals surface area contributed by atoms with Gasteiger partial charge >= 0.3 is 11.9 Å². The summed E-state index contributed by atoms with van der Waals surface area (Å²) in [5, 5.41) is -0.556. The second kappa shape index (κ2) is 8.47. The number of rotatable bonds is 4. The Bertz CT molecular complexity index is 684. The smallest absolute Gasteiger partial charge is 0.338 e. The van der Waals surface area contributed by atoms with Gasteiger partial charge in [-0.25, -0.2) is 9.59 Å². The highest BCUT2D eigenvalue weighted by atomic mass is 79.9. The molecule has 1 fully saturated rings. The Morgan fingerprint density at radius 1 is 0.885 bits per heavy atom. The summed E-state index contributed by atoms with van der Waals surface area (Å²) in [5.74, 6) is -1.06. The summed E-state index contributed by atoms with van der Waals surface area (Å²) < 4.78 is 16.9. The number of hydrogen-bond donors (Lipinski definition) is 0. The van der Waals surface area contributed by atoms with E-state index in [1.165, 1.54) is 0 Å². The summed E-state index contributed by atoms with van der Waals surface area (Å²) in [6.45, 7) is 2.28. The number of halogens is 1. The van der Waals surface area contributed by atoms with Crippen molar-refractivity contribution >= 4 is 27.9 Å². The maximum Gasteiger partial charge on any atom is 0.338 e. The van der Waals surface area contributed by atoms with Gasteiger partial charge in [0.25, 0.3) is 0 Å². The molecule has 5 nitrogen and oxygen atoms in total. The Kier molecular flexibility index (Phi) is 6.06. The van der Waals surface area contributed by atoms with Crippen LogP contribution < -0.4 is 0 Å². The average molecular weight is 419 g/mol. The van der Waals surface area contributed by atoms with Gasteiger partial charge in [0, 0.05) is 5.92 Å². The quantitative estimate of drug-likeness (QED) is 0.557. The molecule has 6 heteroatoms. The molecular formula is C20H19BrO5. The third kappa shape index (κ3) is 4.31. The second-order valence-corrected chi connectivity index (χ2v) is 7.04. The molecule has 2 aromatic carbocycles. The first-order chi connectivity index (χ1) is 12.6.